The van der Waals surface area contributed by atoms with Crippen molar-refractivity contribution in [1.82, 2.24) is 5.32 Å². The highest BCUT2D eigenvalue weighted by molar-refractivity contribution is 5.56. The van der Waals surface area contributed by atoms with Crippen molar-refractivity contribution in [2.75, 3.05) is 32.2 Å². The molecule has 0 spiro atoms. The number of hydrogen-bond donors (Lipinski definition) is 1. The second-order valence-electron chi connectivity index (χ2n) is 4.97. The van der Waals surface area contributed by atoms with Gasteiger partial charge < -0.3 is 15.0 Å². The van der Waals surface area contributed by atoms with Crippen molar-refractivity contribution in [3.8, 4) is 0 Å². The van der Waals surface area contributed by atoms with Crippen LogP contribution in [-0.4, -0.2) is 33.4 Å². The minimum atomic E-state index is -0.176. The Morgan fingerprint density at radius 1 is 1.32 bits per heavy atom. The second kappa shape index (κ2) is 7.46. The zero-order chi connectivity index (χ0) is 14.4. The van der Waals surface area contributed by atoms with Crippen LogP contribution in [0.5, 0.6) is 0 Å². The van der Waals surface area contributed by atoms with Gasteiger partial charge in [0.15, 0.2) is 0 Å². The van der Waals surface area contributed by atoms with Gasteiger partial charge in [0.05, 0.1) is 12.3 Å². The van der Waals surface area contributed by atoms with E-state index in [1.807, 2.05) is 20.0 Å². The van der Waals surface area contributed by atoms with Crippen LogP contribution in [0.1, 0.15) is 32.4 Å². The number of anilines is 1. The average molecular weight is 268 g/mol. The number of nitrogens with one attached hydrogen (secondary N) is 1. The zero-order valence-electron chi connectivity index (χ0n) is 12.5. The lowest BCUT2D eigenvalue weighted by Crippen LogP contribution is -2.36. The largest absolute Gasteiger partial charge is 0.383 e. The van der Waals surface area contributed by atoms with Crippen LogP contribution in [0.4, 0.5) is 10.1 Å². The topological polar surface area (TPSA) is 24.5 Å². The van der Waals surface area contributed by atoms with Crippen molar-refractivity contribution < 1.29 is 9.13 Å². The number of rotatable bonds is 7. The third-order valence-electron chi connectivity index (χ3n) is 3.36. The van der Waals surface area contributed by atoms with Crippen molar-refractivity contribution in [2.24, 2.45) is 0 Å². The summed E-state index contributed by atoms with van der Waals surface area (Å²) in [7, 11) is 3.55. The molecule has 1 aromatic rings. The highest BCUT2D eigenvalue weighted by Gasteiger charge is 2.20. The summed E-state index contributed by atoms with van der Waals surface area (Å²) < 4.78 is 19.4. The van der Waals surface area contributed by atoms with E-state index < -0.39 is 0 Å². The Morgan fingerprint density at radius 2 is 2.00 bits per heavy atom. The van der Waals surface area contributed by atoms with Gasteiger partial charge >= 0.3 is 0 Å². The van der Waals surface area contributed by atoms with Gasteiger partial charge in [0.25, 0.3) is 0 Å². The number of ether oxygens (including phenoxy) is 1. The molecule has 0 aliphatic heterocycles. The summed E-state index contributed by atoms with van der Waals surface area (Å²) in [4.78, 5) is 2.06. The summed E-state index contributed by atoms with van der Waals surface area (Å²) in [5.74, 6) is -0.176. The van der Waals surface area contributed by atoms with Crippen LogP contribution in [0.15, 0.2) is 18.2 Å². The van der Waals surface area contributed by atoms with E-state index in [4.69, 9.17) is 4.74 Å². The maximum Gasteiger partial charge on any atom is 0.146 e. The molecular weight excluding hydrogens is 243 g/mol. The lowest BCUT2D eigenvalue weighted by molar-refractivity contribution is 0.203. The third-order valence-corrected chi connectivity index (χ3v) is 3.36. The fourth-order valence-electron chi connectivity index (χ4n) is 2.16. The van der Waals surface area contributed by atoms with Crippen molar-refractivity contribution in [2.45, 2.75) is 32.9 Å². The molecule has 108 valence electrons. The van der Waals surface area contributed by atoms with Gasteiger partial charge in [-0.15, -0.1) is 0 Å². The van der Waals surface area contributed by atoms with Gasteiger partial charge in [-0.2, -0.15) is 0 Å². The van der Waals surface area contributed by atoms with Crippen LogP contribution < -0.4 is 10.2 Å². The average Bonchev–Trinajstić information content (AvgIpc) is 2.39. The minimum Gasteiger partial charge on any atom is -0.383 e. The molecule has 4 heteroatoms. The summed E-state index contributed by atoms with van der Waals surface area (Å²) in [6, 6.07) is 5.58. The predicted molar refractivity (Wildman–Crippen MR) is 78.2 cm³/mol. The first kappa shape index (κ1) is 15.9. The molecule has 0 amide bonds. The first-order chi connectivity index (χ1) is 9.02. The van der Waals surface area contributed by atoms with E-state index in [1.54, 1.807) is 13.2 Å². The van der Waals surface area contributed by atoms with Crippen LogP contribution in [-0.2, 0) is 4.74 Å². The summed E-state index contributed by atoms with van der Waals surface area (Å²) >= 11 is 0. The first-order valence-corrected chi connectivity index (χ1v) is 6.74. The van der Waals surface area contributed by atoms with Crippen LogP contribution >= 0.6 is 0 Å². The molecular formula is C15H25FN2O. The number of hydrogen-bond acceptors (Lipinski definition) is 3. The molecule has 0 fully saturated rings. The SMILES string of the molecule is CNC(C)c1cccc(F)c1N(CCOC)C(C)C. The quantitative estimate of drug-likeness (QED) is 0.823. The molecule has 0 bridgehead atoms. The molecule has 0 aliphatic carbocycles. The number of nitrogens with zero attached hydrogens (tertiary/aromatic N) is 1. The highest BCUT2D eigenvalue weighted by atomic mass is 19.1. The van der Waals surface area contributed by atoms with Gasteiger partial charge in [0, 0.05) is 25.7 Å². The minimum absolute atomic E-state index is 0.106. The van der Waals surface area contributed by atoms with Gasteiger partial charge in [0.2, 0.25) is 0 Å². The Balaban J connectivity index is 3.19. The molecule has 1 aromatic carbocycles. The summed E-state index contributed by atoms with van der Waals surface area (Å²) in [5.41, 5.74) is 1.66. The molecule has 1 N–H and O–H groups in total. The van der Waals surface area contributed by atoms with E-state index in [-0.39, 0.29) is 17.9 Å². The molecule has 0 radical (unpaired) electrons. The highest BCUT2D eigenvalue weighted by Crippen LogP contribution is 2.30. The van der Waals surface area contributed by atoms with Crippen molar-refractivity contribution in [3.63, 3.8) is 0 Å². The zero-order valence-corrected chi connectivity index (χ0v) is 12.5. The van der Waals surface area contributed by atoms with Crippen LogP contribution in [0, 0.1) is 5.82 Å². The van der Waals surface area contributed by atoms with Crippen LogP contribution in [0.2, 0.25) is 0 Å². The number of benzene rings is 1. The molecule has 0 saturated carbocycles. The van der Waals surface area contributed by atoms with Crippen molar-refractivity contribution in [3.05, 3.63) is 29.6 Å². The van der Waals surface area contributed by atoms with Crippen molar-refractivity contribution in [1.29, 1.82) is 0 Å². The van der Waals surface area contributed by atoms with E-state index in [0.717, 1.165) is 5.56 Å². The fourth-order valence-corrected chi connectivity index (χ4v) is 2.16. The monoisotopic (exact) mass is 268 g/mol. The Labute approximate surface area is 115 Å². The Kier molecular flexibility index (Phi) is 6.25. The smallest absolute Gasteiger partial charge is 0.146 e. The predicted octanol–water partition coefficient (Wildman–Crippen LogP) is 2.97. The Bertz CT molecular complexity index is 396. The number of para-hydroxylation sites is 1. The molecule has 3 nitrogen and oxygen atoms in total. The standard InChI is InChI=1S/C15H25FN2O/c1-11(2)18(9-10-19-5)15-13(12(3)17-4)7-6-8-14(15)16/h6-8,11-12,17H,9-10H2,1-5H3. The lowest BCUT2D eigenvalue weighted by atomic mass is 10.0. The molecule has 0 aliphatic rings. The molecule has 0 saturated heterocycles. The van der Waals surface area contributed by atoms with Crippen molar-refractivity contribution >= 4 is 5.69 Å². The van der Waals surface area contributed by atoms with Gasteiger partial charge in [0.1, 0.15) is 5.82 Å². The van der Waals surface area contributed by atoms with E-state index in [1.165, 1.54) is 6.07 Å². The Hall–Kier alpha value is -1.13. The molecule has 1 atom stereocenters. The Morgan fingerprint density at radius 3 is 2.53 bits per heavy atom. The molecule has 19 heavy (non-hydrogen) atoms. The van der Waals surface area contributed by atoms with E-state index >= 15 is 0 Å². The van der Waals surface area contributed by atoms with Gasteiger partial charge in [-0.25, -0.2) is 4.39 Å². The molecule has 1 rings (SSSR count). The van der Waals surface area contributed by atoms with Gasteiger partial charge in [-0.3, -0.25) is 0 Å². The maximum atomic E-state index is 14.3. The van der Waals surface area contributed by atoms with Crippen LogP contribution in [0.3, 0.4) is 0 Å². The second-order valence-corrected chi connectivity index (χ2v) is 4.97. The molecule has 0 aromatic heterocycles. The first-order valence-electron chi connectivity index (χ1n) is 6.74. The third kappa shape index (κ3) is 3.91. The maximum absolute atomic E-state index is 14.3. The lowest BCUT2D eigenvalue weighted by Gasteiger charge is -2.32. The summed E-state index contributed by atoms with van der Waals surface area (Å²) in [5, 5.41) is 3.17. The van der Waals surface area contributed by atoms with E-state index in [2.05, 4.69) is 24.1 Å². The summed E-state index contributed by atoms with van der Waals surface area (Å²) in [6.45, 7) is 7.43. The van der Waals surface area contributed by atoms with Crippen LogP contribution in [0.25, 0.3) is 0 Å². The van der Waals surface area contributed by atoms with E-state index in [0.29, 0.717) is 18.8 Å². The normalized spacial score (nSPS) is 12.8. The fraction of sp³-hybridized carbons (Fsp3) is 0.600. The van der Waals surface area contributed by atoms with Gasteiger partial charge in [-0.05, 0) is 39.4 Å². The van der Waals surface area contributed by atoms with E-state index in [9.17, 15) is 4.39 Å². The molecule has 1 unspecified atom stereocenters. The van der Waals surface area contributed by atoms with Gasteiger partial charge in [-0.1, -0.05) is 12.1 Å². The number of halogens is 1. The number of methoxy groups -OCH3 is 1. The summed E-state index contributed by atoms with van der Waals surface area (Å²) in [6.07, 6.45) is 0. The molecule has 0 heterocycles.